The van der Waals surface area contributed by atoms with Crippen LogP contribution in [0, 0.1) is 11.8 Å². The summed E-state index contributed by atoms with van der Waals surface area (Å²) in [7, 11) is 0. The van der Waals surface area contributed by atoms with E-state index >= 15 is 0 Å². The molecule has 1 heterocycles. The Morgan fingerprint density at radius 1 is 0.970 bits per heavy atom. The van der Waals surface area contributed by atoms with Crippen LogP contribution >= 0.6 is 0 Å². The molecule has 0 spiro atoms. The standard InChI is InChI=1S/C24H25FN2O6/c1-14(2)15(24(32)26-16(12-23(30)31)19(28)13-25)11-22(29)27-17-7-3-5-9-20(17)33-21-10-6-4-8-18(21)27/h3-10,14-16H,11-13H2,1-2H3,(H,26,32)(H,30,31)/t15-,16?/m0/s1. The van der Waals surface area contributed by atoms with Gasteiger partial charge in [-0.05, 0) is 30.2 Å². The van der Waals surface area contributed by atoms with Crippen molar-refractivity contribution in [3.05, 3.63) is 48.5 Å². The SMILES string of the molecule is CC(C)[C@H](CC(=O)N1c2ccccc2Oc2ccccc21)C(=O)NC(CC(=O)O)C(=O)CF. The fraction of sp³-hybridized carbons (Fsp3) is 0.333. The van der Waals surface area contributed by atoms with Gasteiger partial charge < -0.3 is 15.2 Å². The van der Waals surface area contributed by atoms with E-state index < -0.39 is 42.7 Å². The van der Waals surface area contributed by atoms with Gasteiger partial charge in [-0.25, -0.2) is 4.39 Å². The third kappa shape index (κ3) is 5.36. The number of benzene rings is 2. The zero-order chi connectivity index (χ0) is 24.1. The number of carboxylic acids is 1. The van der Waals surface area contributed by atoms with Gasteiger partial charge in [0, 0.05) is 12.3 Å². The Kier molecular flexibility index (Phi) is 7.42. The lowest BCUT2D eigenvalue weighted by molar-refractivity contribution is -0.141. The maximum atomic E-state index is 13.5. The molecule has 0 saturated carbocycles. The van der Waals surface area contributed by atoms with Crippen LogP contribution < -0.4 is 15.0 Å². The largest absolute Gasteiger partial charge is 0.481 e. The summed E-state index contributed by atoms with van der Waals surface area (Å²) in [5.41, 5.74) is 1.06. The second-order valence-corrected chi connectivity index (χ2v) is 8.08. The quantitative estimate of drug-likeness (QED) is 0.596. The van der Waals surface area contributed by atoms with E-state index in [-0.39, 0.29) is 18.2 Å². The fourth-order valence-corrected chi connectivity index (χ4v) is 3.68. The zero-order valence-electron chi connectivity index (χ0n) is 18.3. The monoisotopic (exact) mass is 456 g/mol. The van der Waals surface area contributed by atoms with Crippen LogP contribution in [-0.2, 0) is 19.2 Å². The van der Waals surface area contributed by atoms with Gasteiger partial charge in [0.05, 0.1) is 17.8 Å². The highest BCUT2D eigenvalue weighted by atomic mass is 19.1. The minimum atomic E-state index is -1.50. The van der Waals surface area contributed by atoms with Crippen LogP contribution in [0.2, 0.25) is 0 Å². The summed E-state index contributed by atoms with van der Waals surface area (Å²) in [5.74, 6) is -3.64. The highest BCUT2D eigenvalue weighted by Crippen LogP contribution is 2.46. The van der Waals surface area contributed by atoms with Gasteiger partial charge in [0.1, 0.15) is 12.7 Å². The smallest absolute Gasteiger partial charge is 0.305 e. The summed E-state index contributed by atoms with van der Waals surface area (Å²) in [6.45, 7) is 2.08. The number of carbonyl (C=O) groups is 4. The Morgan fingerprint density at radius 3 is 2.00 bits per heavy atom. The van der Waals surface area contributed by atoms with Crippen molar-refractivity contribution >= 4 is 34.9 Å². The van der Waals surface area contributed by atoms with Gasteiger partial charge in [-0.1, -0.05) is 38.1 Å². The molecule has 174 valence electrons. The molecule has 2 aromatic carbocycles. The molecule has 3 rings (SSSR count). The number of rotatable bonds is 9. The molecule has 1 aliphatic heterocycles. The first-order chi connectivity index (χ1) is 15.7. The van der Waals surface area contributed by atoms with E-state index in [9.17, 15) is 23.6 Å². The number of aliphatic carboxylic acids is 1. The van der Waals surface area contributed by atoms with E-state index in [1.54, 1.807) is 62.4 Å². The first-order valence-corrected chi connectivity index (χ1v) is 10.5. The second-order valence-electron chi connectivity index (χ2n) is 8.08. The molecular formula is C24H25FN2O6. The number of hydrogen-bond acceptors (Lipinski definition) is 5. The number of para-hydroxylation sites is 4. The number of halogens is 1. The third-order valence-electron chi connectivity index (χ3n) is 5.43. The van der Waals surface area contributed by atoms with Crippen LogP contribution in [0.15, 0.2) is 48.5 Å². The Bertz CT molecular complexity index is 1020. The molecule has 33 heavy (non-hydrogen) atoms. The molecule has 0 aliphatic carbocycles. The minimum absolute atomic E-state index is 0.213. The van der Waals surface area contributed by atoms with Crippen LogP contribution in [0.5, 0.6) is 11.5 Å². The average Bonchev–Trinajstić information content (AvgIpc) is 2.79. The number of nitrogens with one attached hydrogen (secondary N) is 1. The number of nitrogens with zero attached hydrogens (tertiary/aromatic N) is 1. The molecule has 0 bridgehead atoms. The van der Waals surface area contributed by atoms with E-state index in [1.165, 1.54) is 4.90 Å². The summed E-state index contributed by atoms with van der Waals surface area (Å²) < 4.78 is 18.7. The zero-order valence-corrected chi connectivity index (χ0v) is 18.3. The lowest BCUT2D eigenvalue weighted by atomic mass is 9.90. The highest BCUT2D eigenvalue weighted by molar-refractivity contribution is 6.05. The van der Waals surface area contributed by atoms with Gasteiger partial charge >= 0.3 is 5.97 Å². The molecule has 9 heteroatoms. The van der Waals surface area contributed by atoms with Crippen LogP contribution in [0.3, 0.4) is 0 Å². The van der Waals surface area contributed by atoms with Crippen molar-refractivity contribution in [3.8, 4) is 11.5 Å². The number of carbonyl (C=O) groups excluding carboxylic acids is 3. The van der Waals surface area contributed by atoms with E-state index in [4.69, 9.17) is 9.84 Å². The summed E-state index contributed by atoms with van der Waals surface area (Å²) in [6.07, 6.45) is -0.951. The van der Waals surface area contributed by atoms with E-state index in [2.05, 4.69) is 5.32 Å². The third-order valence-corrected chi connectivity index (χ3v) is 5.43. The average molecular weight is 456 g/mol. The second kappa shape index (κ2) is 10.2. The van der Waals surface area contributed by atoms with Crippen molar-refractivity contribution < 1.29 is 33.4 Å². The van der Waals surface area contributed by atoms with Gasteiger partial charge in [0.15, 0.2) is 17.3 Å². The number of amides is 2. The van der Waals surface area contributed by atoms with E-state index in [1.807, 2.05) is 0 Å². The van der Waals surface area contributed by atoms with Crippen LogP contribution in [0.1, 0.15) is 26.7 Å². The van der Waals surface area contributed by atoms with Gasteiger partial charge in [-0.2, -0.15) is 0 Å². The van der Waals surface area contributed by atoms with Crippen molar-refractivity contribution in [2.75, 3.05) is 11.6 Å². The number of hydrogen-bond donors (Lipinski definition) is 2. The number of anilines is 2. The predicted octanol–water partition coefficient (Wildman–Crippen LogP) is 3.62. The molecule has 2 N–H and O–H groups in total. The maximum Gasteiger partial charge on any atom is 0.305 e. The van der Waals surface area contributed by atoms with Crippen molar-refractivity contribution in [1.82, 2.24) is 5.32 Å². The highest BCUT2D eigenvalue weighted by Gasteiger charge is 2.34. The summed E-state index contributed by atoms with van der Waals surface area (Å²) in [6, 6.07) is 12.5. The minimum Gasteiger partial charge on any atom is -0.481 e. The molecule has 0 saturated heterocycles. The Labute approximate surface area is 190 Å². The van der Waals surface area contributed by atoms with Crippen molar-refractivity contribution in [1.29, 1.82) is 0 Å². The fourth-order valence-electron chi connectivity index (χ4n) is 3.68. The normalized spacial score (nSPS) is 13.9. The van der Waals surface area contributed by atoms with Crippen LogP contribution in [-0.4, -0.2) is 41.4 Å². The Morgan fingerprint density at radius 2 is 1.52 bits per heavy atom. The summed E-state index contributed by atoms with van der Waals surface area (Å²) in [5, 5.41) is 11.3. The number of alkyl halides is 1. The molecule has 0 fully saturated rings. The number of Topliss-reactive ketones (excluding diaryl/α,β-unsaturated/α-hetero) is 1. The Hall–Kier alpha value is -3.75. The van der Waals surface area contributed by atoms with Crippen molar-refractivity contribution in [2.24, 2.45) is 11.8 Å². The maximum absolute atomic E-state index is 13.5. The topological polar surface area (TPSA) is 113 Å². The molecule has 0 radical (unpaired) electrons. The first kappa shape index (κ1) is 23.9. The lowest BCUT2D eigenvalue weighted by Crippen LogP contribution is -2.47. The number of ketones is 1. The number of ether oxygens (including phenoxy) is 1. The summed E-state index contributed by atoms with van der Waals surface area (Å²) >= 11 is 0. The molecule has 1 unspecified atom stereocenters. The number of carboxylic acid groups (broad SMARTS) is 1. The van der Waals surface area contributed by atoms with Gasteiger partial charge in [-0.3, -0.25) is 24.1 Å². The lowest BCUT2D eigenvalue weighted by Gasteiger charge is -2.32. The van der Waals surface area contributed by atoms with Crippen LogP contribution in [0.4, 0.5) is 15.8 Å². The van der Waals surface area contributed by atoms with E-state index in [0.29, 0.717) is 22.9 Å². The molecule has 8 nitrogen and oxygen atoms in total. The number of fused-ring (bicyclic) bond motifs is 2. The van der Waals surface area contributed by atoms with Crippen molar-refractivity contribution in [2.45, 2.75) is 32.7 Å². The molecule has 2 aromatic rings. The van der Waals surface area contributed by atoms with Gasteiger partial charge in [0.2, 0.25) is 11.8 Å². The molecular weight excluding hydrogens is 431 g/mol. The van der Waals surface area contributed by atoms with Crippen LogP contribution in [0.25, 0.3) is 0 Å². The predicted molar refractivity (Wildman–Crippen MR) is 118 cm³/mol. The van der Waals surface area contributed by atoms with Gasteiger partial charge in [0.25, 0.3) is 0 Å². The Balaban J connectivity index is 1.86. The van der Waals surface area contributed by atoms with Crippen molar-refractivity contribution in [3.63, 3.8) is 0 Å². The van der Waals surface area contributed by atoms with Gasteiger partial charge in [-0.15, -0.1) is 0 Å². The first-order valence-electron chi connectivity index (χ1n) is 10.5. The van der Waals surface area contributed by atoms with E-state index in [0.717, 1.165) is 0 Å². The molecule has 2 amide bonds. The molecule has 1 aliphatic rings. The summed E-state index contributed by atoms with van der Waals surface area (Å²) in [4.78, 5) is 50.7. The molecule has 0 aromatic heterocycles. The molecule has 2 atom stereocenters.